The van der Waals surface area contributed by atoms with E-state index in [0.29, 0.717) is 0 Å². The van der Waals surface area contributed by atoms with Crippen molar-refractivity contribution in [3.8, 4) is 0 Å². The van der Waals surface area contributed by atoms with Crippen molar-refractivity contribution in [3.05, 3.63) is 0 Å². The van der Waals surface area contributed by atoms with Gasteiger partial charge >= 0.3 is 0 Å². The molecule has 6 heteroatoms. The van der Waals surface area contributed by atoms with Crippen molar-refractivity contribution in [1.29, 1.82) is 5.41 Å². The van der Waals surface area contributed by atoms with Crippen molar-refractivity contribution in [3.63, 3.8) is 0 Å². The molecule has 0 aromatic carbocycles. The van der Waals surface area contributed by atoms with E-state index in [4.69, 9.17) is 11.1 Å². The lowest BCUT2D eigenvalue weighted by atomic mass is 10.2. The van der Waals surface area contributed by atoms with Gasteiger partial charge in [-0.3, -0.25) is 5.41 Å². The van der Waals surface area contributed by atoms with Gasteiger partial charge in [0, 0.05) is 19.5 Å². The first kappa shape index (κ1) is 13.4. The number of nitrogens with one attached hydrogen (secondary N) is 1. The van der Waals surface area contributed by atoms with E-state index in [-0.39, 0.29) is 18.3 Å². The van der Waals surface area contributed by atoms with E-state index in [0.717, 1.165) is 0 Å². The Morgan fingerprint density at radius 2 is 1.86 bits per heavy atom. The van der Waals surface area contributed by atoms with Gasteiger partial charge in [0.2, 0.25) is 10.0 Å². The van der Waals surface area contributed by atoms with Gasteiger partial charge in [-0.15, -0.1) is 0 Å². The normalized spacial score (nSPS) is 14.7. The molecule has 0 aromatic rings. The second-order valence-corrected chi connectivity index (χ2v) is 6.33. The van der Waals surface area contributed by atoms with Crippen LogP contribution in [0.1, 0.15) is 20.8 Å². The average Bonchev–Trinajstić information content (AvgIpc) is 2.03. The van der Waals surface area contributed by atoms with Crippen LogP contribution in [0.3, 0.4) is 0 Å². The van der Waals surface area contributed by atoms with Crippen LogP contribution in [-0.2, 0) is 10.0 Å². The quantitative estimate of drug-likeness (QED) is 0.514. The largest absolute Gasteiger partial charge is 0.387 e. The van der Waals surface area contributed by atoms with Crippen molar-refractivity contribution >= 4 is 15.9 Å². The molecule has 0 radical (unpaired) electrons. The molecule has 0 amide bonds. The Balaban J connectivity index is 4.51. The maximum absolute atomic E-state index is 11.6. The summed E-state index contributed by atoms with van der Waals surface area (Å²) in [5.41, 5.74) is 5.27. The van der Waals surface area contributed by atoms with Gasteiger partial charge in [-0.25, -0.2) is 12.7 Å². The third-order valence-corrected chi connectivity index (χ3v) is 4.30. The van der Waals surface area contributed by atoms with Crippen molar-refractivity contribution in [2.75, 3.05) is 13.6 Å². The number of nitrogens with two attached hydrogens (primary N) is 1. The maximum Gasteiger partial charge on any atom is 0.216 e. The van der Waals surface area contributed by atoms with Crippen LogP contribution < -0.4 is 5.73 Å². The highest BCUT2D eigenvalue weighted by Gasteiger charge is 2.23. The van der Waals surface area contributed by atoms with E-state index >= 15 is 0 Å². The van der Waals surface area contributed by atoms with Gasteiger partial charge in [0.05, 0.1) is 11.1 Å². The zero-order chi connectivity index (χ0) is 11.5. The Morgan fingerprint density at radius 3 is 2.14 bits per heavy atom. The summed E-state index contributed by atoms with van der Waals surface area (Å²) in [7, 11) is -1.72. The fourth-order valence-corrected chi connectivity index (χ4v) is 2.10. The van der Waals surface area contributed by atoms with E-state index in [1.807, 2.05) is 0 Å². The fourth-order valence-electron chi connectivity index (χ4n) is 0.948. The standard InChI is InChI=1S/C8H19N3O2S/c1-6(2)14(12,13)11(4)5-7(3)8(9)10/h6-7H,5H2,1-4H3,(H3,9,10). The first-order valence-corrected chi connectivity index (χ1v) is 5.99. The van der Waals surface area contributed by atoms with Crippen LogP contribution in [0.4, 0.5) is 0 Å². The lowest BCUT2D eigenvalue weighted by Crippen LogP contribution is -2.39. The summed E-state index contributed by atoms with van der Waals surface area (Å²) in [6.45, 7) is 5.25. The van der Waals surface area contributed by atoms with Crippen LogP contribution in [0, 0.1) is 11.3 Å². The SMILES string of the molecule is CC(CN(C)S(=O)(=O)C(C)C)C(=N)N. The Hall–Kier alpha value is -0.620. The first-order chi connectivity index (χ1) is 6.19. The van der Waals surface area contributed by atoms with Crippen LogP contribution in [0.5, 0.6) is 0 Å². The highest BCUT2D eigenvalue weighted by molar-refractivity contribution is 7.89. The molecule has 0 saturated carbocycles. The minimum atomic E-state index is -3.22. The van der Waals surface area contributed by atoms with E-state index < -0.39 is 15.3 Å². The lowest BCUT2D eigenvalue weighted by molar-refractivity contribution is 0.437. The fraction of sp³-hybridized carbons (Fsp3) is 0.875. The van der Waals surface area contributed by atoms with E-state index in [2.05, 4.69) is 0 Å². The average molecular weight is 221 g/mol. The molecule has 0 spiro atoms. The minimum Gasteiger partial charge on any atom is -0.387 e. The molecule has 1 atom stereocenters. The number of amidine groups is 1. The van der Waals surface area contributed by atoms with Crippen LogP contribution in [0.2, 0.25) is 0 Å². The third-order valence-electron chi connectivity index (χ3n) is 2.09. The van der Waals surface area contributed by atoms with E-state index in [1.54, 1.807) is 20.8 Å². The summed E-state index contributed by atoms with van der Waals surface area (Å²) in [6, 6.07) is 0. The summed E-state index contributed by atoms with van der Waals surface area (Å²) in [6.07, 6.45) is 0. The van der Waals surface area contributed by atoms with Gasteiger partial charge in [-0.1, -0.05) is 6.92 Å². The van der Waals surface area contributed by atoms with Crippen LogP contribution in [0.25, 0.3) is 0 Å². The first-order valence-electron chi connectivity index (χ1n) is 4.48. The highest BCUT2D eigenvalue weighted by Crippen LogP contribution is 2.08. The molecule has 84 valence electrons. The summed E-state index contributed by atoms with van der Waals surface area (Å²) in [5.74, 6) is -0.232. The smallest absolute Gasteiger partial charge is 0.216 e. The molecule has 0 saturated heterocycles. The summed E-state index contributed by atoms with van der Waals surface area (Å²) < 4.78 is 24.5. The maximum atomic E-state index is 11.6. The molecule has 0 fully saturated rings. The Labute approximate surface area is 85.8 Å². The molecular weight excluding hydrogens is 202 g/mol. The number of hydrogen-bond acceptors (Lipinski definition) is 3. The summed E-state index contributed by atoms with van der Waals surface area (Å²) in [5, 5.41) is 6.72. The van der Waals surface area contributed by atoms with Crippen molar-refractivity contribution in [1.82, 2.24) is 4.31 Å². The zero-order valence-electron chi connectivity index (χ0n) is 9.11. The lowest BCUT2D eigenvalue weighted by Gasteiger charge is -2.22. The topological polar surface area (TPSA) is 87.2 Å². The molecule has 0 aliphatic carbocycles. The van der Waals surface area contributed by atoms with Crippen LogP contribution in [-0.4, -0.2) is 37.4 Å². The molecule has 0 rings (SSSR count). The van der Waals surface area contributed by atoms with Gasteiger partial charge in [0.15, 0.2) is 0 Å². The van der Waals surface area contributed by atoms with Gasteiger partial charge in [0.1, 0.15) is 0 Å². The molecule has 14 heavy (non-hydrogen) atoms. The molecule has 0 bridgehead atoms. The van der Waals surface area contributed by atoms with Crippen molar-refractivity contribution < 1.29 is 8.42 Å². The van der Waals surface area contributed by atoms with Gasteiger partial charge in [-0.2, -0.15) is 0 Å². The Kier molecular flexibility index (Phi) is 4.54. The predicted molar refractivity (Wildman–Crippen MR) is 57.8 cm³/mol. The second-order valence-electron chi connectivity index (χ2n) is 3.73. The van der Waals surface area contributed by atoms with E-state index in [9.17, 15) is 8.42 Å². The van der Waals surface area contributed by atoms with Crippen molar-refractivity contribution in [2.45, 2.75) is 26.0 Å². The number of rotatable bonds is 5. The highest BCUT2D eigenvalue weighted by atomic mass is 32.2. The van der Waals surface area contributed by atoms with Crippen molar-refractivity contribution in [2.24, 2.45) is 11.7 Å². The monoisotopic (exact) mass is 221 g/mol. The van der Waals surface area contributed by atoms with Gasteiger partial charge < -0.3 is 5.73 Å². The molecule has 5 nitrogen and oxygen atoms in total. The Bertz CT molecular complexity index is 298. The Morgan fingerprint density at radius 1 is 1.43 bits per heavy atom. The summed E-state index contributed by atoms with van der Waals surface area (Å²) >= 11 is 0. The van der Waals surface area contributed by atoms with Crippen LogP contribution in [0.15, 0.2) is 0 Å². The molecule has 0 aliphatic rings. The zero-order valence-corrected chi connectivity index (χ0v) is 9.93. The molecule has 1 unspecified atom stereocenters. The number of sulfonamides is 1. The predicted octanol–water partition coefficient (Wildman–Crippen LogP) is 0.228. The number of hydrogen-bond donors (Lipinski definition) is 2. The molecule has 3 N–H and O–H groups in total. The van der Waals surface area contributed by atoms with Gasteiger partial charge in [0.25, 0.3) is 0 Å². The summed E-state index contributed by atoms with van der Waals surface area (Å²) in [4.78, 5) is 0. The van der Waals surface area contributed by atoms with E-state index in [1.165, 1.54) is 11.4 Å². The molecular formula is C8H19N3O2S. The minimum absolute atomic E-state index is 0.0100. The molecule has 0 aliphatic heterocycles. The van der Waals surface area contributed by atoms with Crippen LogP contribution >= 0.6 is 0 Å². The third kappa shape index (κ3) is 3.26. The molecule has 0 heterocycles. The van der Waals surface area contributed by atoms with Gasteiger partial charge in [-0.05, 0) is 13.8 Å². The number of nitrogens with zero attached hydrogens (tertiary/aromatic N) is 1. The molecule has 0 aromatic heterocycles. The second kappa shape index (κ2) is 4.75.